The average Bonchev–Trinajstić information content (AvgIpc) is 2.37. The quantitative estimate of drug-likeness (QED) is 0.831. The summed E-state index contributed by atoms with van der Waals surface area (Å²) in [6.07, 6.45) is 1.30. The molecule has 6 heteroatoms. The Labute approximate surface area is 134 Å². The number of rotatable bonds is 7. The third-order valence-corrected chi connectivity index (χ3v) is 5.18. The summed E-state index contributed by atoms with van der Waals surface area (Å²) in [5.41, 5.74) is 0.572. The second-order valence-electron chi connectivity index (χ2n) is 6.19. The summed E-state index contributed by atoms with van der Waals surface area (Å²) >= 11 is 5.88. The van der Waals surface area contributed by atoms with Crippen LogP contribution in [0.25, 0.3) is 0 Å². The Morgan fingerprint density at radius 3 is 2.57 bits per heavy atom. The minimum Gasteiger partial charge on any atom is -0.309 e. The number of hydrogen-bond acceptors (Lipinski definition) is 2. The lowest BCUT2D eigenvalue weighted by atomic mass is 9.87. The number of halogens is 2. The molecule has 0 heterocycles. The van der Waals surface area contributed by atoms with E-state index < -0.39 is 15.7 Å². The Bertz CT molecular complexity index is 508. The summed E-state index contributed by atoms with van der Waals surface area (Å²) in [4.78, 5) is 2.04. The highest BCUT2D eigenvalue weighted by molar-refractivity contribution is 7.84. The number of nitrogens with zero attached hydrogens (tertiary/aromatic N) is 1. The van der Waals surface area contributed by atoms with Gasteiger partial charge in [0.25, 0.3) is 0 Å². The van der Waals surface area contributed by atoms with E-state index in [2.05, 4.69) is 0 Å². The molecule has 0 aromatic heterocycles. The molecule has 2 N–H and O–H groups in total. The van der Waals surface area contributed by atoms with Gasteiger partial charge < -0.3 is 4.90 Å². The average molecular weight is 335 g/mol. The van der Waals surface area contributed by atoms with Gasteiger partial charge in [0.2, 0.25) is 0 Å². The molecule has 1 aromatic carbocycles. The zero-order valence-corrected chi connectivity index (χ0v) is 14.6. The van der Waals surface area contributed by atoms with Crippen LogP contribution in [0, 0.1) is 5.82 Å². The second kappa shape index (κ2) is 7.68. The van der Waals surface area contributed by atoms with Gasteiger partial charge in [0.15, 0.2) is 0 Å². The molecule has 3 nitrogen and oxygen atoms in total. The smallest absolute Gasteiger partial charge is 0.145 e. The van der Waals surface area contributed by atoms with Crippen LogP contribution in [-0.4, -0.2) is 34.5 Å². The van der Waals surface area contributed by atoms with Crippen molar-refractivity contribution < 1.29 is 8.60 Å². The van der Waals surface area contributed by atoms with Crippen molar-refractivity contribution in [3.05, 3.63) is 34.6 Å². The fourth-order valence-corrected chi connectivity index (χ4v) is 2.84. The van der Waals surface area contributed by atoms with Crippen LogP contribution in [0.4, 0.5) is 4.39 Å². The molecule has 0 aliphatic rings. The van der Waals surface area contributed by atoms with Crippen molar-refractivity contribution in [2.24, 2.45) is 5.14 Å². The molecule has 0 bridgehead atoms. The third-order valence-electron chi connectivity index (χ3n) is 3.63. The predicted octanol–water partition coefficient (Wildman–Crippen LogP) is 3.31. The molecule has 0 saturated heterocycles. The Kier molecular flexibility index (Phi) is 6.78. The maximum atomic E-state index is 14.3. The molecule has 0 saturated carbocycles. The first-order valence-electron chi connectivity index (χ1n) is 6.90. The van der Waals surface area contributed by atoms with Crippen molar-refractivity contribution in [2.75, 3.05) is 20.6 Å². The summed E-state index contributed by atoms with van der Waals surface area (Å²) in [6.45, 7) is 4.49. The minimum atomic E-state index is -1.47. The first-order chi connectivity index (χ1) is 9.65. The summed E-state index contributed by atoms with van der Waals surface area (Å²) in [5, 5.41) is 5.68. The van der Waals surface area contributed by atoms with Crippen LogP contribution in [0.1, 0.15) is 38.2 Å². The van der Waals surface area contributed by atoms with Crippen molar-refractivity contribution in [1.82, 2.24) is 4.90 Å². The Morgan fingerprint density at radius 1 is 1.43 bits per heavy atom. The predicted molar refractivity (Wildman–Crippen MR) is 88.3 cm³/mol. The molecule has 2 atom stereocenters. The summed E-state index contributed by atoms with van der Waals surface area (Å²) in [7, 11) is 2.47. The molecule has 0 spiro atoms. The maximum Gasteiger partial charge on any atom is 0.145 e. The molecule has 0 amide bonds. The zero-order valence-electron chi connectivity index (χ0n) is 13.0. The van der Waals surface area contributed by atoms with Gasteiger partial charge in [0.1, 0.15) is 5.82 Å². The lowest BCUT2D eigenvalue weighted by molar-refractivity contribution is 0.362. The lowest BCUT2D eigenvalue weighted by Crippen LogP contribution is -2.34. The van der Waals surface area contributed by atoms with Gasteiger partial charge in [-0.25, -0.2) is 8.60 Å². The SMILES string of the molecule is CN(C)CC[C@@H](CC(C)(C)S(N)=O)c1cccc(Cl)c1F. The summed E-state index contributed by atoms with van der Waals surface area (Å²) in [6, 6.07) is 5.03. The first-order valence-corrected chi connectivity index (χ1v) is 8.49. The zero-order chi connectivity index (χ0) is 16.2. The van der Waals surface area contributed by atoms with Crippen molar-refractivity contribution >= 4 is 22.6 Å². The van der Waals surface area contributed by atoms with Crippen LogP contribution in [-0.2, 0) is 11.0 Å². The van der Waals surface area contributed by atoms with E-state index >= 15 is 0 Å². The third kappa shape index (κ3) is 5.33. The highest BCUT2D eigenvalue weighted by Gasteiger charge is 2.30. The van der Waals surface area contributed by atoms with E-state index in [0.29, 0.717) is 12.0 Å². The maximum absolute atomic E-state index is 14.3. The second-order valence-corrected chi connectivity index (χ2v) is 8.30. The number of nitrogens with two attached hydrogens (primary N) is 1. The topological polar surface area (TPSA) is 46.3 Å². The van der Waals surface area contributed by atoms with E-state index in [4.69, 9.17) is 16.7 Å². The largest absolute Gasteiger partial charge is 0.309 e. The van der Waals surface area contributed by atoms with Crippen molar-refractivity contribution in [2.45, 2.75) is 37.4 Å². The standard InChI is InChI=1S/C15H24ClFN2OS/c1-15(2,21(18)20)10-11(8-9-19(3)4)12-6-5-7-13(16)14(12)17/h5-7,11H,8-10,18H2,1-4H3/t11-,21?/m0/s1. The molecule has 0 aliphatic heterocycles. The van der Waals surface area contributed by atoms with Gasteiger partial charge in [-0.05, 0) is 64.9 Å². The molecular formula is C15H24ClFN2OS. The van der Waals surface area contributed by atoms with Gasteiger partial charge in [-0.3, -0.25) is 5.14 Å². The van der Waals surface area contributed by atoms with Gasteiger partial charge in [-0.1, -0.05) is 23.7 Å². The van der Waals surface area contributed by atoms with Crippen LogP contribution in [0.3, 0.4) is 0 Å². The fourth-order valence-electron chi connectivity index (χ4n) is 2.29. The van der Waals surface area contributed by atoms with Crippen LogP contribution >= 0.6 is 11.6 Å². The van der Waals surface area contributed by atoms with Crippen molar-refractivity contribution in [3.8, 4) is 0 Å². The van der Waals surface area contributed by atoms with Gasteiger partial charge in [-0.2, -0.15) is 0 Å². The highest BCUT2D eigenvalue weighted by atomic mass is 35.5. The highest BCUT2D eigenvalue weighted by Crippen LogP contribution is 2.34. The van der Waals surface area contributed by atoms with Gasteiger partial charge in [0, 0.05) is 0 Å². The molecule has 120 valence electrons. The van der Waals surface area contributed by atoms with Gasteiger partial charge in [-0.15, -0.1) is 0 Å². The van der Waals surface area contributed by atoms with E-state index in [1.165, 1.54) is 6.07 Å². The van der Waals surface area contributed by atoms with Gasteiger partial charge >= 0.3 is 0 Å². The molecular weight excluding hydrogens is 311 g/mol. The van der Waals surface area contributed by atoms with Crippen molar-refractivity contribution in [1.29, 1.82) is 0 Å². The normalized spacial score (nSPS) is 15.2. The van der Waals surface area contributed by atoms with E-state index in [1.807, 2.05) is 32.8 Å². The molecule has 1 unspecified atom stereocenters. The van der Waals surface area contributed by atoms with Crippen LogP contribution in [0.2, 0.25) is 5.02 Å². The Balaban J connectivity index is 3.07. The molecule has 1 rings (SSSR count). The Hall–Kier alpha value is -0.490. The molecule has 0 aliphatic carbocycles. The monoisotopic (exact) mass is 334 g/mol. The van der Waals surface area contributed by atoms with E-state index in [9.17, 15) is 8.60 Å². The van der Waals surface area contributed by atoms with E-state index in [1.54, 1.807) is 12.1 Å². The van der Waals surface area contributed by atoms with E-state index in [0.717, 1.165) is 13.0 Å². The lowest BCUT2D eigenvalue weighted by Gasteiger charge is -2.29. The molecule has 1 aromatic rings. The van der Waals surface area contributed by atoms with Crippen molar-refractivity contribution in [3.63, 3.8) is 0 Å². The first kappa shape index (κ1) is 18.6. The summed E-state index contributed by atoms with van der Waals surface area (Å²) in [5.74, 6) is -0.463. The molecule has 0 radical (unpaired) electrons. The minimum absolute atomic E-state index is 0.0754. The van der Waals surface area contributed by atoms with Crippen LogP contribution < -0.4 is 5.14 Å². The number of benzene rings is 1. The van der Waals surface area contributed by atoms with E-state index in [-0.39, 0.29) is 16.8 Å². The fraction of sp³-hybridized carbons (Fsp3) is 0.600. The molecule has 21 heavy (non-hydrogen) atoms. The summed E-state index contributed by atoms with van der Waals surface area (Å²) < 4.78 is 25.4. The van der Waals surface area contributed by atoms with Gasteiger partial charge in [0.05, 0.1) is 20.8 Å². The van der Waals surface area contributed by atoms with Crippen LogP contribution in [0.5, 0.6) is 0 Å². The number of hydrogen-bond donors (Lipinski definition) is 1. The van der Waals surface area contributed by atoms with Crippen LogP contribution in [0.15, 0.2) is 18.2 Å². The Morgan fingerprint density at radius 2 is 2.05 bits per heavy atom. The molecule has 0 fully saturated rings.